The summed E-state index contributed by atoms with van der Waals surface area (Å²) >= 11 is 0. The van der Waals surface area contributed by atoms with E-state index < -0.39 is 5.60 Å². The predicted molar refractivity (Wildman–Crippen MR) is 90.0 cm³/mol. The summed E-state index contributed by atoms with van der Waals surface area (Å²) in [5.74, 6) is -0.390. The second-order valence-electron chi connectivity index (χ2n) is 7.45. The number of methoxy groups -OCH3 is 1. The largest absolute Gasteiger partial charge is 0.465 e. The maximum atomic E-state index is 12.2. The first kappa shape index (κ1) is 18.2. The summed E-state index contributed by atoms with van der Waals surface area (Å²) in [4.78, 5) is 29.8. The van der Waals surface area contributed by atoms with Gasteiger partial charge in [0.1, 0.15) is 5.60 Å². The van der Waals surface area contributed by atoms with Crippen LogP contribution in [0.3, 0.4) is 0 Å². The van der Waals surface area contributed by atoms with E-state index in [1.807, 2.05) is 26.8 Å². The maximum Gasteiger partial charge on any atom is 0.410 e. The number of nitrogens with zero attached hydrogens (tertiary/aromatic N) is 2. The van der Waals surface area contributed by atoms with E-state index in [2.05, 4.69) is 16.6 Å². The average Bonchev–Trinajstić information content (AvgIpc) is 2.53. The number of carbonyl (C=O) groups is 2. The van der Waals surface area contributed by atoms with Crippen LogP contribution in [0.4, 0.5) is 4.79 Å². The Labute approximate surface area is 143 Å². The molecule has 1 aliphatic heterocycles. The summed E-state index contributed by atoms with van der Waals surface area (Å²) < 4.78 is 10.1. The molecule has 0 N–H and O–H groups in total. The predicted octanol–water partition coefficient (Wildman–Crippen LogP) is 3.16. The zero-order valence-corrected chi connectivity index (χ0v) is 15.1. The van der Waals surface area contributed by atoms with Crippen molar-refractivity contribution in [1.29, 1.82) is 0 Å². The highest BCUT2D eigenvalue weighted by molar-refractivity contribution is 5.88. The van der Waals surface area contributed by atoms with Gasteiger partial charge in [0.2, 0.25) is 0 Å². The van der Waals surface area contributed by atoms with Gasteiger partial charge in [0, 0.05) is 30.4 Å². The fourth-order valence-electron chi connectivity index (χ4n) is 2.75. The zero-order valence-electron chi connectivity index (χ0n) is 15.1. The molecule has 0 spiro atoms. The van der Waals surface area contributed by atoms with Gasteiger partial charge in [0.15, 0.2) is 0 Å². The molecular weight excluding hydrogens is 308 g/mol. The second-order valence-corrected chi connectivity index (χ2v) is 7.45. The van der Waals surface area contributed by atoms with Crippen molar-refractivity contribution in [3.63, 3.8) is 0 Å². The lowest BCUT2D eigenvalue weighted by molar-refractivity contribution is 0.0169. The summed E-state index contributed by atoms with van der Waals surface area (Å²) in [6.07, 6.45) is 2.89. The van der Waals surface area contributed by atoms with Gasteiger partial charge < -0.3 is 14.4 Å². The lowest BCUT2D eigenvalue weighted by atomic mass is 9.77. The van der Waals surface area contributed by atoms with E-state index in [4.69, 9.17) is 4.74 Å². The molecule has 0 saturated carbocycles. The average molecular weight is 334 g/mol. The van der Waals surface area contributed by atoms with Crippen LogP contribution in [0.25, 0.3) is 0 Å². The molecule has 0 unspecified atom stereocenters. The van der Waals surface area contributed by atoms with Gasteiger partial charge in [-0.1, -0.05) is 6.92 Å². The van der Waals surface area contributed by atoms with E-state index in [9.17, 15) is 9.59 Å². The van der Waals surface area contributed by atoms with Crippen LogP contribution in [-0.2, 0) is 14.9 Å². The Balaban J connectivity index is 2.01. The number of carbonyl (C=O) groups excluding carboxylic acids is 2. The Morgan fingerprint density at radius 1 is 1.21 bits per heavy atom. The molecule has 0 aromatic carbocycles. The fraction of sp³-hybridized carbons (Fsp3) is 0.611. The molecule has 132 valence electrons. The molecule has 1 aliphatic rings. The van der Waals surface area contributed by atoms with Gasteiger partial charge in [-0.15, -0.1) is 0 Å². The number of pyridine rings is 1. The number of ether oxygens (including phenoxy) is 2. The molecule has 1 aromatic heterocycles. The molecule has 0 radical (unpaired) electrons. The number of hydrogen-bond donors (Lipinski definition) is 0. The van der Waals surface area contributed by atoms with Gasteiger partial charge in [-0.05, 0) is 45.7 Å². The van der Waals surface area contributed by atoms with Crippen LogP contribution in [0.15, 0.2) is 18.3 Å². The number of aromatic nitrogens is 1. The quantitative estimate of drug-likeness (QED) is 0.777. The van der Waals surface area contributed by atoms with Crippen LogP contribution in [0.1, 0.15) is 56.6 Å². The standard InChI is InChI=1S/C18H26N2O4/c1-17(2,3)24-16(22)20-10-8-18(4,9-11-20)14-7-6-13(12-19-14)15(21)23-5/h6-7,12H,8-11H2,1-5H3. The van der Waals surface area contributed by atoms with Crippen LogP contribution < -0.4 is 0 Å². The summed E-state index contributed by atoms with van der Waals surface area (Å²) in [7, 11) is 1.35. The van der Waals surface area contributed by atoms with Gasteiger partial charge in [0.05, 0.1) is 12.7 Å². The topological polar surface area (TPSA) is 68.7 Å². The van der Waals surface area contributed by atoms with Crippen molar-refractivity contribution in [2.24, 2.45) is 0 Å². The molecular formula is C18H26N2O4. The molecule has 1 aromatic rings. The first-order chi connectivity index (χ1) is 11.1. The third kappa shape index (κ3) is 4.24. The van der Waals surface area contributed by atoms with E-state index in [0.29, 0.717) is 18.7 Å². The number of hydrogen-bond acceptors (Lipinski definition) is 5. The van der Waals surface area contributed by atoms with E-state index in [0.717, 1.165) is 18.5 Å². The van der Waals surface area contributed by atoms with Crippen LogP contribution in [0.2, 0.25) is 0 Å². The van der Waals surface area contributed by atoms with Gasteiger partial charge >= 0.3 is 12.1 Å². The van der Waals surface area contributed by atoms with Crippen molar-refractivity contribution >= 4 is 12.1 Å². The molecule has 1 amide bonds. The van der Waals surface area contributed by atoms with Gasteiger partial charge in [0.25, 0.3) is 0 Å². The second kappa shape index (κ2) is 6.79. The molecule has 24 heavy (non-hydrogen) atoms. The van der Waals surface area contributed by atoms with Crippen LogP contribution in [-0.4, -0.2) is 47.7 Å². The number of esters is 1. The van der Waals surface area contributed by atoms with Gasteiger partial charge in [-0.2, -0.15) is 0 Å². The summed E-state index contributed by atoms with van der Waals surface area (Å²) in [6, 6.07) is 3.61. The van der Waals surface area contributed by atoms with E-state index in [-0.39, 0.29) is 17.5 Å². The van der Waals surface area contributed by atoms with Crippen molar-refractivity contribution < 1.29 is 19.1 Å². The highest BCUT2D eigenvalue weighted by Gasteiger charge is 2.35. The smallest absolute Gasteiger partial charge is 0.410 e. The zero-order chi connectivity index (χ0) is 18.0. The minimum absolute atomic E-state index is 0.118. The van der Waals surface area contributed by atoms with Gasteiger partial charge in [-0.25, -0.2) is 9.59 Å². The molecule has 0 atom stereocenters. The molecule has 2 heterocycles. The molecule has 6 nitrogen and oxygen atoms in total. The summed E-state index contributed by atoms with van der Waals surface area (Å²) in [5, 5.41) is 0. The van der Waals surface area contributed by atoms with E-state index in [1.54, 1.807) is 17.2 Å². The Bertz CT molecular complexity index is 596. The van der Waals surface area contributed by atoms with Gasteiger partial charge in [-0.3, -0.25) is 4.98 Å². The molecule has 1 fully saturated rings. The SMILES string of the molecule is COC(=O)c1ccc(C2(C)CCN(C(=O)OC(C)(C)C)CC2)nc1. The Morgan fingerprint density at radius 2 is 1.83 bits per heavy atom. The fourth-order valence-corrected chi connectivity index (χ4v) is 2.75. The molecule has 0 aliphatic carbocycles. The first-order valence-corrected chi connectivity index (χ1v) is 8.17. The Hall–Kier alpha value is -2.11. The lowest BCUT2D eigenvalue weighted by Crippen LogP contribution is -2.46. The van der Waals surface area contributed by atoms with Crippen molar-refractivity contribution in [3.05, 3.63) is 29.6 Å². The van der Waals surface area contributed by atoms with Crippen molar-refractivity contribution in [1.82, 2.24) is 9.88 Å². The Kier molecular flexibility index (Phi) is 5.16. The first-order valence-electron chi connectivity index (χ1n) is 8.17. The molecule has 1 saturated heterocycles. The minimum atomic E-state index is -0.483. The monoisotopic (exact) mass is 334 g/mol. The lowest BCUT2D eigenvalue weighted by Gasteiger charge is -2.39. The number of piperidine rings is 1. The van der Waals surface area contributed by atoms with Crippen molar-refractivity contribution in [2.75, 3.05) is 20.2 Å². The van der Waals surface area contributed by atoms with Crippen LogP contribution in [0.5, 0.6) is 0 Å². The highest BCUT2D eigenvalue weighted by atomic mass is 16.6. The normalized spacial score (nSPS) is 17.3. The number of amides is 1. The number of rotatable bonds is 2. The van der Waals surface area contributed by atoms with Crippen molar-refractivity contribution in [3.8, 4) is 0 Å². The summed E-state index contributed by atoms with van der Waals surface area (Å²) in [6.45, 7) is 9.00. The maximum absolute atomic E-state index is 12.2. The summed E-state index contributed by atoms with van der Waals surface area (Å²) in [5.41, 5.74) is 0.769. The molecule has 6 heteroatoms. The molecule has 0 bridgehead atoms. The highest BCUT2D eigenvalue weighted by Crippen LogP contribution is 2.34. The third-order valence-corrected chi connectivity index (χ3v) is 4.32. The number of likely N-dealkylation sites (tertiary alicyclic amines) is 1. The van der Waals surface area contributed by atoms with E-state index in [1.165, 1.54) is 7.11 Å². The van der Waals surface area contributed by atoms with Crippen LogP contribution >= 0.6 is 0 Å². The Morgan fingerprint density at radius 3 is 2.29 bits per heavy atom. The third-order valence-electron chi connectivity index (χ3n) is 4.32. The minimum Gasteiger partial charge on any atom is -0.465 e. The van der Waals surface area contributed by atoms with Crippen molar-refractivity contribution in [2.45, 2.75) is 51.6 Å². The van der Waals surface area contributed by atoms with Crippen LogP contribution in [0, 0.1) is 0 Å². The molecule has 2 rings (SSSR count). The van der Waals surface area contributed by atoms with E-state index >= 15 is 0 Å².